The normalized spacial score (nSPS) is 18.7. The SMILES string of the molecule is CNC(=O)C1C(c2ccc(F)cc2)OCCN1C(Cc1ccc(C(=O)O)cc1)Oc1ccc2occc2c1. The lowest BCUT2D eigenvalue weighted by Gasteiger charge is -2.44. The predicted molar refractivity (Wildman–Crippen MR) is 137 cm³/mol. The second-order valence-electron chi connectivity index (χ2n) is 9.04. The highest BCUT2D eigenvalue weighted by Crippen LogP contribution is 2.33. The van der Waals surface area contributed by atoms with Crippen molar-refractivity contribution < 1.29 is 33.0 Å². The van der Waals surface area contributed by atoms with Crippen LogP contribution in [0.15, 0.2) is 83.5 Å². The third kappa shape index (κ3) is 5.39. The molecular weight excluding hydrogens is 491 g/mol. The number of ether oxygens (including phenoxy) is 2. The van der Waals surface area contributed by atoms with E-state index < -0.39 is 24.3 Å². The molecule has 4 aromatic rings. The number of rotatable bonds is 8. The van der Waals surface area contributed by atoms with E-state index in [9.17, 15) is 19.1 Å². The first-order valence-electron chi connectivity index (χ1n) is 12.2. The van der Waals surface area contributed by atoms with Crippen molar-refractivity contribution in [3.8, 4) is 5.75 Å². The average molecular weight is 519 g/mol. The summed E-state index contributed by atoms with van der Waals surface area (Å²) >= 11 is 0. The number of likely N-dealkylation sites (N-methyl/N-ethyl adjacent to an activating group) is 1. The number of benzene rings is 3. The number of fused-ring (bicyclic) bond motifs is 1. The fourth-order valence-corrected chi connectivity index (χ4v) is 4.77. The van der Waals surface area contributed by atoms with Gasteiger partial charge < -0.3 is 24.3 Å². The lowest BCUT2D eigenvalue weighted by molar-refractivity contribution is -0.155. The number of carbonyl (C=O) groups is 2. The van der Waals surface area contributed by atoms with Gasteiger partial charge in [0.15, 0.2) is 6.23 Å². The van der Waals surface area contributed by atoms with Crippen LogP contribution in [0, 0.1) is 5.82 Å². The summed E-state index contributed by atoms with van der Waals surface area (Å²) in [5, 5.41) is 12.9. The van der Waals surface area contributed by atoms with Gasteiger partial charge in [0.2, 0.25) is 5.91 Å². The van der Waals surface area contributed by atoms with Crippen molar-refractivity contribution in [3.05, 3.63) is 102 Å². The number of hydrogen-bond acceptors (Lipinski definition) is 6. The van der Waals surface area contributed by atoms with Gasteiger partial charge in [0.1, 0.15) is 29.3 Å². The molecule has 38 heavy (non-hydrogen) atoms. The topological polar surface area (TPSA) is 101 Å². The first kappa shape index (κ1) is 25.4. The predicted octanol–water partition coefficient (Wildman–Crippen LogP) is 4.41. The van der Waals surface area contributed by atoms with E-state index in [1.54, 1.807) is 55.8 Å². The molecule has 0 radical (unpaired) electrons. The molecule has 3 atom stereocenters. The number of carboxylic acid groups (broad SMARTS) is 1. The number of morpholine rings is 1. The lowest BCUT2D eigenvalue weighted by Crippen LogP contribution is -2.59. The highest BCUT2D eigenvalue weighted by atomic mass is 19.1. The largest absolute Gasteiger partial charge is 0.478 e. The van der Waals surface area contributed by atoms with Crippen LogP contribution in [0.3, 0.4) is 0 Å². The summed E-state index contributed by atoms with van der Waals surface area (Å²) in [6.45, 7) is 0.732. The van der Waals surface area contributed by atoms with Crippen molar-refractivity contribution in [1.29, 1.82) is 0 Å². The Balaban J connectivity index is 1.51. The van der Waals surface area contributed by atoms with Gasteiger partial charge in [-0.25, -0.2) is 9.18 Å². The third-order valence-corrected chi connectivity index (χ3v) is 6.68. The Morgan fingerprint density at radius 2 is 1.87 bits per heavy atom. The molecule has 1 fully saturated rings. The van der Waals surface area contributed by atoms with Gasteiger partial charge in [-0.15, -0.1) is 0 Å². The van der Waals surface area contributed by atoms with Gasteiger partial charge in [0.05, 0.1) is 18.4 Å². The number of carbonyl (C=O) groups excluding carboxylic acids is 1. The molecule has 1 aromatic heterocycles. The molecule has 1 aliphatic rings. The second kappa shape index (κ2) is 11.0. The van der Waals surface area contributed by atoms with Crippen molar-refractivity contribution in [2.75, 3.05) is 20.2 Å². The van der Waals surface area contributed by atoms with Crippen LogP contribution in [-0.2, 0) is 16.0 Å². The van der Waals surface area contributed by atoms with Crippen molar-refractivity contribution >= 4 is 22.8 Å². The minimum atomic E-state index is -1.01. The van der Waals surface area contributed by atoms with E-state index >= 15 is 0 Å². The maximum Gasteiger partial charge on any atom is 0.335 e. The molecule has 0 aliphatic carbocycles. The van der Waals surface area contributed by atoms with Gasteiger partial charge in [0, 0.05) is 25.4 Å². The monoisotopic (exact) mass is 518 g/mol. The minimum Gasteiger partial charge on any atom is -0.478 e. The van der Waals surface area contributed by atoms with E-state index in [1.807, 2.05) is 23.1 Å². The Labute approximate surface area is 218 Å². The van der Waals surface area contributed by atoms with Crippen LogP contribution >= 0.6 is 0 Å². The molecule has 0 spiro atoms. The van der Waals surface area contributed by atoms with E-state index in [4.69, 9.17) is 13.9 Å². The molecule has 0 bridgehead atoms. The number of furan rings is 1. The molecule has 1 aliphatic heterocycles. The van der Waals surface area contributed by atoms with Crippen LogP contribution in [0.2, 0.25) is 0 Å². The standard InChI is InChI=1S/C29H27FN2O6/c1-31-28(33)26-27(19-6-8-22(30)9-7-19)37-15-13-32(26)25(16-18-2-4-20(5-3-18)29(34)35)38-23-10-11-24-21(17-23)12-14-36-24/h2-12,14,17,25-27H,13,15-16H2,1H3,(H,31,33)(H,34,35). The summed E-state index contributed by atoms with van der Waals surface area (Å²) in [5.41, 5.74) is 2.42. The molecule has 1 saturated heterocycles. The Morgan fingerprint density at radius 3 is 2.58 bits per heavy atom. The Hall–Kier alpha value is -4.21. The number of nitrogens with zero attached hydrogens (tertiary/aromatic N) is 1. The molecule has 5 rings (SSSR count). The number of carboxylic acids is 1. The molecule has 3 aromatic carbocycles. The molecule has 196 valence electrons. The number of aromatic carboxylic acids is 1. The summed E-state index contributed by atoms with van der Waals surface area (Å²) in [6, 6.07) is 19.1. The Kier molecular flexibility index (Phi) is 7.39. The Bertz CT molecular complexity index is 1420. The van der Waals surface area contributed by atoms with E-state index in [-0.39, 0.29) is 17.3 Å². The summed E-state index contributed by atoms with van der Waals surface area (Å²) in [6.07, 6.45) is 0.713. The number of hydrogen-bond donors (Lipinski definition) is 2. The van der Waals surface area contributed by atoms with Crippen molar-refractivity contribution in [2.45, 2.75) is 24.8 Å². The summed E-state index contributed by atoms with van der Waals surface area (Å²) in [5.74, 6) is -1.06. The van der Waals surface area contributed by atoms with Crippen molar-refractivity contribution in [1.82, 2.24) is 10.2 Å². The van der Waals surface area contributed by atoms with Crippen LogP contribution in [0.5, 0.6) is 5.75 Å². The van der Waals surface area contributed by atoms with Crippen LogP contribution in [0.25, 0.3) is 11.0 Å². The van der Waals surface area contributed by atoms with Crippen LogP contribution in [0.1, 0.15) is 27.6 Å². The summed E-state index contributed by atoms with van der Waals surface area (Å²) in [7, 11) is 1.56. The summed E-state index contributed by atoms with van der Waals surface area (Å²) in [4.78, 5) is 26.5. The minimum absolute atomic E-state index is 0.183. The third-order valence-electron chi connectivity index (χ3n) is 6.68. The number of nitrogens with one attached hydrogen (secondary N) is 1. The quantitative estimate of drug-likeness (QED) is 0.356. The van der Waals surface area contributed by atoms with Crippen molar-refractivity contribution in [3.63, 3.8) is 0 Å². The average Bonchev–Trinajstić information content (AvgIpc) is 3.40. The van der Waals surface area contributed by atoms with E-state index in [1.165, 1.54) is 12.1 Å². The van der Waals surface area contributed by atoms with E-state index in [2.05, 4.69) is 5.32 Å². The first-order chi connectivity index (χ1) is 18.4. The maximum absolute atomic E-state index is 13.6. The van der Waals surface area contributed by atoms with Gasteiger partial charge in [0.25, 0.3) is 0 Å². The zero-order valence-electron chi connectivity index (χ0n) is 20.7. The molecule has 2 heterocycles. The van der Waals surface area contributed by atoms with Gasteiger partial charge in [-0.05, 0) is 59.7 Å². The highest BCUT2D eigenvalue weighted by Gasteiger charge is 2.42. The molecular formula is C29H27FN2O6. The Morgan fingerprint density at radius 1 is 1.11 bits per heavy atom. The zero-order chi connectivity index (χ0) is 26.6. The van der Waals surface area contributed by atoms with Gasteiger partial charge in [-0.2, -0.15) is 0 Å². The molecule has 0 saturated carbocycles. The molecule has 3 unspecified atom stereocenters. The van der Waals surface area contributed by atoms with Crippen LogP contribution in [0.4, 0.5) is 4.39 Å². The second-order valence-corrected chi connectivity index (χ2v) is 9.04. The first-order valence-corrected chi connectivity index (χ1v) is 12.2. The van der Waals surface area contributed by atoms with E-state index in [0.29, 0.717) is 30.9 Å². The molecule has 8 nitrogen and oxygen atoms in total. The van der Waals surface area contributed by atoms with Crippen molar-refractivity contribution in [2.24, 2.45) is 0 Å². The lowest BCUT2D eigenvalue weighted by atomic mass is 9.97. The van der Waals surface area contributed by atoms with Gasteiger partial charge >= 0.3 is 5.97 Å². The number of halogens is 1. The fourth-order valence-electron chi connectivity index (χ4n) is 4.77. The van der Waals surface area contributed by atoms with E-state index in [0.717, 1.165) is 16.5 Å². The van der Waals surface area contributed by atoms with Crippen LogP contribution in [-0.4, -0.2) is 54.4 Å². The fraction of sp³-hybridized carbons (Fsp3) is 0.241. The van der Waals surface area contributed by atoms with Gasteiger partial charge in [-0.3, -0.25) is 9.69 Å². The zero-order valence-corrected chi connectivity index (χ0v) is 20.7. The smallest absolute Gasteiger partial charge is 0.335 e. The van der Waals surface area contributed by atoms with Gasteiger partial charge in [-0.1, -0.05) is 24.3 Å². The summed E-state index contributed by atoms with van der Waals surface area (Å²) < 4.78 is 31.6. The van der Waals surface area contributed by atoms with Crippen LogP contribution < -0.4 is 10.1 Å². The molecule has 9 heteroatoms. The number of amides is 1. The highest BCUT2D eigenvalue weighted by molar-refractivity contribution is 5.87. The molecule has 2 N–H and O–H groups in total. The molecule has 1 amide bonds. The maximum atomic E-state index is 13.6.